The first kappa shape index (κ1) is 12.6. The van der Waals surface area contributed by atoms with E-state index in [4.69, 9.17) is 16.1 Å². The van der Waals surface area contributed by atoms with Crippen LogP contribution in [-0.4, -0.2) is 20.2 Å². The van der Waals surface area contributed by atoms with E-state index in [0.29, 0.717) is 5.56 Å². The van der Waals surface area contributed by atoms with Crippen molar-refractivity contribution in [2.24, 2.45) is 0 Å². The molecule has 7 heteroatoms. The molecular weight excluding hydrogens is 285 g/mol. The van der Waals surface area contributed by atoms with Gasteiger partial charge in [0.25, 0.3) is 5.89 Å². The Labute approximate surface area is 117 Å². The summed E-state index contributed by atoms with van der Waals surface area (Å²) < 4.78 is 18.1. The fraction of sp³-hybridized carbons (Fsp3) is 0. The second-order valence-corrected chi connectivity index (χ2v) is 4.33. The molecule has 2 heterocycles. The van der Waals surface area contributed by atoms with Crippen molar-refractivity contribution in [2.45, 2.75) is 0 Å². The lowest BCUT2D eigenvalue weighted by molar-refractivity contribution is 0.423. The quantitative estimate of drug-likeness (QED) is 0.784. The zero-order chi connectivity index (χ0) is 14.1. The van der Waals surface area contributed by atoms with Gasteiger partial charge in [0.15, 0.2) is 5.69 Å². The van der Waals surface area contributed by atoms with Gasteiger partial charge in [-0.2, -0.15) is 4.98 Å². The Kier molecular flexibility index (Phi) is 3.08. The number of benzene rings is 1. The van der Waals surface area contributed by atoms with Gasteiger partial charge >= 0.3 is 0 Å². The molecule has 1 aromatic carbocycles. The van der Waals surface area contributed by atoms with Crippen molar-refractivity contribution in [1.82, 2.24) is 15.1 Å². The molecule has 0 saturated heterocycles. The van der Waals surface area contributed by atoms with E-state index in [1.807, 2.05) is 0 Å². The van der Waals surface area contributed by atoms with Crippen molar-refractivity contribution >= 4 is 11.6 Å². The molecule has 0 saturated carbocycles. The smallest absolute Gasteiger partial charge is 0.280 e. The van der Waals surface area contributed by atoms with Crippen LogP contribution in [0.5, 0.6) is 5.75 Å². The molecule has 0 unspecified atom stereocenters. The summed E-state index contributed by atoms with van der Waals surface area (Å²) in [6.45, 7) is 0. The molecule has 0 amide bonds. The van der Waals surface area contributed by atoms with Crippen LogP contribution in [0, 0.1) is 5.82 Å². The SMILES string of the molecule is Oc1cccnc1-c1nc(-c2ccc(F)c(Cl)c2)no1. The Morgan fingerprint density at radius 1 is 1.25 bits per heavy atom. The number of aromatic nitrogens is 3. The van der Waals surface area contributed by atoms with E-state index in [1.165, 1.54) is 30.5 Å². The Morgan fingerprint density at radius 2 is 2.10 bits per heavy atom. The summed E-state index contributed by atoms with van der Waals surface area (Å²) in [5.41, 5.74) is 0.682. The fourth-order valence-electron chi connectivity index (χ4n) is 1.63. The number of hydrogen-bond acceptors (Lipinski definition) is 5. The first-order chi connectivity index (χ1) is 9.65. The Morgan fingerprint density at radius 3 is 2.85 bits per heavy atom. The van der Waals surface area contributed by atoms with Crippen molar-refractivity contribution in [3.8, 4) is 28.7 Å². The molecule has 0 aliphatic rings. The van der Waals surface area contributed by atoms with Gasteiger partial charge in [0.1, 0.15) is 11.6 Å². The summed E-state index contributed by atoms with van der Waals surface area (Å²) in [6.07, 6.45) is 1.49. The van der Waals surface area contributed by atoms with Crippen molar-refractivity contribution in [1.29, 1.82) is 0 Å². The minimum absolute atomic E-state index is 0.0328. The van der Waals surface area contributed by atoms with Gasteiger partial charge in [0, 0.05) is 11.8 Å². The molecule has 5 nitrogen and oxygen atoms in total. The molecule has 0 fully saturated rings. The zero-order valence-electron chi connectivity index (χ0n) is 9.92. The maximum Gasteiger partial charge on any atom is 0.280 e. The van der Waals surface area contributed by atoms with Gasteiger partial charge < -0.3 is 9.63 Å². The highest BCUT2D eigenvalue weighted by atomic mass is 35.5. The third-order valence-corrected chi connectivity index (χ3v) is 2.88. The predicted octanol–water partition coefficient (Wildman–Crippen LogP) is 3.30. The summed E-state index contributed by atoms with van der Waals surface area (Å²) in [4.78, 5) is 8.06. The molecular formula is C13H7ClFN3O2. The topological polar surface area (TPSA) is 72.0 Å². The van der Waals surface area contributed by atoms with E-state index in [2.05, 4.69) is 15.1 Å². The van der Waals surface area contributed by atoms with Gasteiger partial charge in [0.2, 0.25) is 5.82 Å². The Balaban J connectivity index is 2.02. The van der Waals surface area contributed by atoms with E-state index in [0.717, 1.165) is 0 Å². The van der Waals surface area contributed by atoms with Crippen LogP contribution >= 0.6 is 11.6 Å². The van der Waals surface area contributed by atoms with Gasteiger partial charge in [-0.1, -0.05) is 16.8 Å². The summed E-state index contributed by atoms with van der Waals surface area (Å²) >= 11 is 5.70. The molecule has 0 radical (unpaired) electrons. The lowest BCUT2D eigenvalue weighted by atomic mass is 10.2. The van der Waals surface area contributed by atoms with E-state index < -0.39 is 5.82 Å². The van der Waals surface area contributed by atoms with E-state index in [9.17, 15) is 9.50 Å². The molecule has 0 spiro atoms. The lowest BCUT2D eigenvalue weighted by Crippen LogP contribution is -1.85. The second kappa shape index (κ2) is 4.90. The first-order valence-corrected chi connectivity index (χ1v) is 5.96. The van der Waals surface area contributed by atoms with Crippen LogP contribution in [0.15, 0.2) is 41.1 Å². The minimum Gasteiger partial charge on any atom is -0.505 e. The second-order valence-electron chi connectivity index (χ2n) is 3.92. The Hall–Kier alpha value is -2.47. The standard InChI is InChI=1S/C13H7ClFN3O2/c14-8-6-7(3-4-9(8)15)12-17-13(20-18-12)11-10(19)2-1-5-16-11/h1-6,19H. The molecule has 2 aromatic heterocycles. The molecule has 0 aliphatic heterocycles. The van der Waals surface area contributed by atoms with Crippen molar-refractivity contribution in [3.63, 3.8) is 0 Å². The van der Waals surface area contributed by atoms with Gasteiger partial charge in [-0.25, -0.2) is 9.37 Å². The van der Waals surface area contributed by atoms with E-state index in [1.54, 1.807) is 6.07 Å². The van der Waals surface area contributed by atoms with Crippen LogP contribution in [-0.2, 0) is 0 Å². The zero-order valence-corrected chi connectivity index (χ0v) is 10.7. The minimum atomic E-state index is -0.526. The highest BCUT2D eigenvalue weighted by molar-refractivity contribution is 6.31. The number of nitrogens with zero attached hydrogens (tertiary/aromatic N) is 3. The lowest BCUT2D eigenvalue weighted by Gasteiger charge is -1.97. The molecule has 3 aromatic rings. The van der Waals surface area contributed by atoms with Crippen molar-refractivity contribution in [2.75, 3.05) is 0 Å². The van der Waals surface area contributed by atoms with E-state index >= 15 is 0 Å². The van der Waals surface area contributed by atoms with Crippen molar-refractivity contribution < 1.29 is 14.0 Å². The number of halogens is 2. The molecule has 20 heavy (non-hydrogen) atoms. The molecule has 3 rings (SSSR count). The van der Waals surface area contributed by atoms with Crippen LogP contribution < -0.4 is 0 Å². The highest BCUT2D eigenvalue weighted by Gasteiger charge is 2.15. The van der Waals surface area contributed by atoms with Crippen LogP contribution in [0.4, 0.5) is 4.39 Å². The average Bonchev–Trinajstić information content (AvgIpc) is 2.92. The highest BCUT2D eigenvalue weighted by Crippen LogP contribution is 2.28. The van der Waals surface area contributed by atoms with Crippen LogP contribution in [0.25, 0.3) is 23.0 Å². The van der Waals surface area contributed by atoms with Crippen LogP contribution in [0.1, 0.15) is 0 Å². The number of hydrogen-bond donors (Lipinski definition) is 1. The number of pyridine rings is 1. The molecule has 0 aliphatic carbocycles. The summed E-state index contributed by atoms with van der Waals surface area (Å²) in [6, 6.07) is 7.13. The normalized spacial score (nSPS) is 10.7. The van der Waals surface area contributed by atoms with Gasteiger partial charge in [-0.15, -0.1) is 0 Å². The molecule has 100 valence electrons. The number of rotatable bonds is 2. The third kappa shape index (κ3) is 2.21. The number of aromatic hydroxyl groups is 1. The van der Waals surface area contributed by atoms with Gasteiger partial charge in [0.05, 0.1) is 5.02 Å². The molecule has 0 bridgehead atoms. The average molecular weight is 292 g/mol. The maximum atomic E-state index is 13.1. The summed E-state index contributed by atoms with van der Waals surface area (Å²) in [5.74, 6) is -0.299. The first-order valence-electron chi connectivity index (χ1n) is 5.58. The maximum absolute atomic E-state index is 13.1. The summed E-state index contributed by atoms with van der Waals surface area (Å²) in [5, 5.41) is 13.4. The monoisotopic (exact) mass is 291 g/mol. The largest absolute Gasteiger partial charge is 0.505 e. The molecule has 1 N–H and O–H groups in total. The van der Waals surface area contributed by atoms with Crippen molar-refractivity contribution in [3.05, 3.63) is 47.4 Å². The predicted molar refractivity (Wildman–Crippen MR) is 69.6 cm³/mol. The van der Waals surface area contributed by atoms with Gasteiger partial charge in [-0.05, 0) is 30.3 Å². The van der Waals surface area contributed by atoms with Gasteiger partial charge in [-0.3, -0.25) is 0 Å². The van der Waals surface area contributed by atoms with E-state index in [-0.39, 0.29) is 28.2 Å². The molecule has 0 atom stereocenters. The third-order valence-electron chi connectivity index (χ3n) is 2.59. The fourth-order valence-corrected chi connectivity index (χ4v) is 1.81. The van der Waals surface area contributed by atoms with Crippen LogP contribution in [0.2, 0.25) is 5.02 Å². The Bertz CT molecular complexity index is 776. The van der Waals surface area contributed by atoms with Crippen LogP contribution in [0.3, 0.4) is 0 Å². The summed E-state index contributed by atoms with van der Waals surface area (Å²) in [7, 11) is 0.